The lowest BCUT2D eigenvalue weighted by Gasteiger charge is -2.21. The van der Waals surface area contributed by atoms with Gasteiger partial charge in [-0.05, 0) is 11.6 Å². The highest BCUT2D eigenvalue weighted by Crippen LogP contribution is 2.43. The Balaban J connectivity index is 2.26. The molecule has 0 spiro atoms. The molecule has 2 aromatic carbocycles. The van der Waals surface area contributed by atoms with E-state index >= 15 is 0 Å². The molecule has 18 heavy (non-hydrogen) atoms. The fraction of sp³-hybridized carbons (Fsp3) is 0.0714. The number of benzene rings is 2. The number of halogens is 1. The molecule has 3 rings (SSSR count). The van der Waals surface area contributed by atoms with Crippen molar-refractivity contribution in [2.24, 2.45) is 0 Å². The van der Waals surface area contributed by atoms with Gasteiger partial charge in [-0.1, -0.05) is 54.1 Å². The van der Waals surface area contributed by atoms with Crippen molar-refractivity contribution in [3.63, 3.8) is 0 Å². The molecule has 2 N–H and O–H groups in total. The number of amides is 1. The number of fused-ring (bicyclic) bond motifs is 1. The van der Waals surface area contributed by atoms with Gasteiger partial charge in [-0.2, -0.15) is 0 Å². The third kappa shape index (κ3) is 1.38. The van der Waals surface area contributed by atoms with Gasteiger partial charge in [0, 0.05) is 5.56 Å². The first-order valence-corrected chi connectivity index (χ1v) is 5.90. The van der Waals surface area contributed by atoms with Crippen LogP contribution in [0.15, 0.2) is 48.5 Å². The van der Waals surface area contributed by atoms with Crippen LogP contribution in [0.4, 0.5) is 5.69 Å². The van der Waals surface area contributed by atoms with Crippen LogP contribution in [0, 0.1) is 0 Å². The maximum absolute atomic E-state index is 12.1. The second-order valence-corrected chi connectivity index (χ2v) is 4.60. The molecule has 1 unspecified atom stereocenters. The van der Waals surface area contributed by atoms with Crippen molar-refractivity contribution in [3.8, 4) is 0 Å². The summed E-state index contributed by atoms with van der Waals surface area (Å²) in [5, 5.41) is 13.8. The molecule has 0 fully saturated rings. The van der Waals surface area contributed by atoms with E-state index in [9.17, 15) is 9.90 Å². The molecule has 1 aliphatic heterocycles. The highest BCUT2D eigenvalue weighted by atomic mass is 35.5. The molecular weight excluding hydrogens is 250 g/mol. The minimum absolute atomic E-state index is 0.424. The minimum Gasteiger partial charge on any atom is -0.372 e. The van der Waals surface area contributed by atoms with Crippen molar-refractivity contribution in [2.75, 3.05) is 5.32 Å². The number of anilines is 1. The summed E-state index contributed by atoms with van der Waals surface area (Å²) < 4.78 is 0. The molecule has 4 heteroatoms. The predicted octanol–water partition coefficient (Wildman–Crippen LogP) is 2.53. The Hall–Kier alpha value is -1.84. The van der Waals surface area contributed by atoms with Crippen LogP contribution in [-0.2, 0) is 10.4 Å². The molecule has 0 aliphatic carbocycles. The quantitative estimate of drug-likeness (QED) is 0.827. The lowest BCUT2D eigenvalue weighted by atomic mass is 9.88. The Kier molecular flexibility index (Phi) is 2.40. The monoisotopic (exact) mass is 259 g/mol. The average Bonchev–Trinajstić information content (AvgIpc) is 2.66. The van der Waals surface area contributed by atoms with E-state index in [1.165, 1.54) is 0 Å². The average molecular weight is 260 g/mol. The maximum Gasteiger partial charge on any atom is 0.265 e. The third-order valence-electron chi connectivity index (χ3n) is 3.16. The van der Waals surface area contributed by atoms with Gasteiger partial charge in [-0.15, -0.1) is 0 Å². The van der Waals surface area contributed by atoms with Gasteiger partial charge in [0.2, 0.25) is 0 Å². The summed E-state index contributed by atoms with van der Waals surface area (Å²) in [5.74, 6) is -0.475. The first-order valence-electron chi connectivity index (χ1n) is 5.52. The van der Waals surface area contributed by atoms with Gasteiger partial charge >= 0.3 is 0 Å². The first-order chi connectivity index (χ1) is 8.64. The van der Waals surface area contributed by atoms with Crippen LogP contribution in [0.3, 0.4) is 0 Å². The second-order valence-electron chi connectivity index (χ2n) is 4.19. The van der Waals surface area contributed by atoms with Crippen molar-refractivity contribution in [1.82, 2.24) is 0 Å². The van der Waals surface area contributed by atoms with E-state index in [0.29, 0.717) is 21.8 Å². The molecule has 1 amide bonds. The van der Waals surface area contributed by atoms with E-state index in [-0.39, 0.29) is 0 Å². The summed E-state index contributed by atoms with van der Waals surface area (Å²) in [6, 6.07) is 13.9. The molecular formula is C14H10ClNO2. The van der Waals surface area contributed by atoms with Crippen LogP contribution in [0.25, 0.3) is 0 Å². The Labute approximate surface area is 109 Å². The van der Waals surface area contributed by atoms with Gasteiger partial charge in [-0.3, -0.25) is 4.79 Å². The number of nitrogens with one attached hydrogen (secondary N) is 1. The summed E-state index contributed by atoms with van der Waals surface area (Å²) in [6.07, 6.45) is 0. The van der Waals surface area contributed by atoms with Crippen molar-refractivity contribution in [1.29, 1.82) is 0 Å². The molecule has 1 atom stereocenters. The van der Waals surface area contributed by atoms with E-state index in [0.717, 1.165) is 0 Å². The highest BCUT2D eigenvalue weighted by molar-refractivity contribution is 6.34. The molecule has 0 saturated carbocycles. The molecule has 90 valence electrons. The summed E-state index contributed by atoms with van der Waals surface area (Å²) in [4.78, 5) is 12.1. The van der Waals surface area contributed by atoms with Crippen molar-refractivity contribution < 1.29 is 9.90 Å². The molecule has 1 aliphatic rings. The van der Waals surface area contributed by atoms with E-state index < -0.39 is 11.5 Å². The molecule has 3 nitrogen and oxygen atoms in total. The largest absolute Gasteiger partial charge is 0.372 e. The first kappa shape index (κ1) is 11.3. The van der Waals surface area contributed by atoms with E-state index in [1.54, 1.807) is 42.5 Å². The van der Waals surface area contributed by atoms with Gasteiger partial charge in [0.15, 0.2) is 5.60 Å². The Morgan fingerprint density at radius 3 is 2.50 bits per heavy atom. The molecule has 1 heterocycles. The number of aliphatic hydroxyl groups is 1. The fourth-order valence-electron chi connectivity index (χ4n) is 2.24. The Morgan fingerprint density at radius 1 is 1.06 bits per heavy atom. The van der Waals surface area contributed by atoms with Crippen molar-refractivity contribution >= 4 is 23.2 Å². The Bertz CT molecular complexity index is 627. The van der Waals surface area contributed by atoms with Gasteiger partial charge in [0.25, 0.3) is 5.91 Å². The topological polar surface area (TPSA) is 49.3 Å². The lowest BCUT2D eigenvalue weighted by Crippen LogP contribution is -2.35. The lowest BCUT2D eigenvalue weighted by molar-refractivity contribution is -0.129. The van der Waals surface area contributed by atoms with Crippen LogP contribution < -0.4 is 5.32 Å². The number of para-hydroxylation sites is 1. The second kappa shape index (κ2) is 3.83. The maximum atomic E-state index is 12.1. The van der Waals surface area contributed by atoms with Crippen LogP contribution >= 0.6 is 11.6 Å². The number of carbonyl (C=O) groups is 1. The van der Waals surface area contributed by atoms with Gasteiger partial charge in [-0.25, -0.2) is 0 Å². The summed E-state index contributed by atoms with van der Waals surface area (Å²) in [6.45, 7) is 0. The van der Waals surface area contributed by atoms with Crippen LogP contribution in [0.5, 0.6) is 0 Å². The minimum atomic E-state index is -1.67. The van der Waals surface area contributed by atoms with E-state index in [4.69, 9.17) is 11.6 Å². The van der Waals surface area contributed by atoms with Crippen molar-refractivity contribution in [2.45, 2.75) is 5.60 Å². The zero-order chi connectivity index (χ0) is 12.8. The molecule has 0 aromatic heterocycles. The molecule has 2 aromatic rings. The van der Waals surface area contributed by atoms with Gasteiger partial charge < -0.3 is 10.4 Å². The van der Waals surface area contributed by atoms with Gasteiger partial charge in [0.05, 0.1) is 10.7 Å². The normalized spacial score (nSPS) is 21.6. The number of carbonyl (C=O) groups excluding carboxylic acids is 1. The Morgan fingerprint density at radius 2 is 1.78 bits per heavy atom. The smallest absolute Gasteiger partial charge is 0.265 e. The van der Waals surface area contributed by atoms with E-state index in [2.05, 4.69) is 5.32 Å². The standard InChI is InChI=1S/C14H10ClNO2/c15-11-8-4-7-10-12(11)16-13(17)14(10,18)9-5-2-1-3-6-9/h1-8,18H,(H,16,17). The van der Waals surface area contributed by atoms with Gasteiger partial charge in [0.1, 0.15) is 0 Å². The molecule has 0 bridgehead atoms. The third-order valence-corrected chi connectivity index (χ3v) is 3.48. The summed E-state index contributed by atoms with van der Waals surface area (Å²) >= 11 is 6.02. The summed E-state index contributed by atoms with van der Waals surface area (Å²) in [5.41, 5.74) is -0.160. The SMILES string of the molecule is O=C1Nc2c(Cl)cccc2C1(O)c1ccccc1. The number of rotatable bonds is 1. The predicted molar refractivity (Wildman–Crippen MR) is 69.5 cm³/mol. The van der Waals surface area contributed by atoms with E-state index in [1.807, 2.05) is 6.07 Å². The molecule has 0 radical (unpaired) electrons. The zero-order valence-electron chi connectivity index (χ0n) is 9.35. The zero-order valence-corrected chi connectivity index (χ0v) is 10.1. The van der Waals surface area contributed by atoms with Crippen LogP contribution in [-0.4, -0.2) is 11.0 Å². The highest BCUT2D eigenvalue weighted by Gasteiger charge is 2.47. The summed E-state index contributed by atoms with van der Waals surface area (Å²) in [7, 11) is 0. The fourth-order valence-corrected chi connectivity index (χ4v) is 2.47. The number of hydrogen-bond acceptors (Lipinski definition) is 2. The van der Waals surface area contributed by atoms with Crippen LogP contribution in [0.1, 0.15) is 11.1 Å². The number of hydrogen-bond donors (Lipinski definition) is 2. The van der Waals surface area contributed by atoms with Crippen LogP contribution in [0.2, 0.25) is 5.02 Å². The van der Waals surface area contributed by atoms with Crippen molar-refractivity contribution in [3.05, 3.63) is 64.7 Å². The molecule has 0 saturated heterocycles.